The van der Waals surface area contributed by atoms with Crippen molar-refractivity contribution in [2.75, 3.05) is 52.8 Å². The van der Waals surface area contributed by atoms with Crippen LogP contribution in [0, 0.1) is 0 Å². The van der Waals surface area contributed by atoms with Gasteiger partial charge >= 0.3 is 0 Å². The van der Waals surface area contributed by atoms with E-state index in [4.69, 9.17) is 18.9 Å². The summed E-state index contributed by atoms with van der Waals surface area (Å²) < 4.78 is 24.8. The second kappa shape index (κ2) is 16.4. The number of benzene rings is 4. The molecule has 4 nitrogen and oxygen atoms in total. The van der Waals surface area contributed by atoms with Gasteiger partial charge in [-0.2, -0.15) is 47.0 Å². The van der Waals surface area contributed by atoms with Crippen LogP contribution in [0.5, 0.6) is 11.5 Å². The van der Waals surface area contributed by atoms with Crippen LogP contribution in [0.1, 0.15) is 11.1 Å². The predicted octanol–water partition coefficient (Wildman–Crippen LogP) is 11.3. The number of hydrogen-bond donors (Lipinski definition) is 0. The standard InChI is InChI=1S/C38H54O4S4Si2/c1-39-25-41-35-29(23-37(43-3,44-4)47(7,8)9)21-27-17-13-15-19-31(27)33(35)34-32-20-16-14-18-28(32)22-30(36(34)42-26-40-2)24-38(45-5,46-6)48(10,11)12/h13-22H,23-26H2,1-12H3. The fourth-order valence-corrected chi connectivity index (χ4v) is 20.6. The summed E-state index contributed by atoms with van der Waals surface area (Å²) in [6.07, 6.45) is 10.8. The molecule has 0 aromatic heterocycles. The van der Waals surface area contributed by atoms with Gasteiger partial charge in [-0.05, 0) is 82.7 Å². The van der Waals surface area contributed by atoms with Gasteiger partial charge in [-0.15, -0.1) is 0 Å². The van der Waals surface area contributed by atoms with Crippen LogP contribution in [0.4, 0.5) is 0 Å². The molecule has 4 rings (SSSR count). The van der Waals surface area contributed by atoms with Gasteiger partial charge < -0.3 is 18.9 Å². The van der Waals surface area contributed by atoms with Crippen molar-refractivity contribution in [3.63, 3.8) is 0 Å². The van der Waals surface area contributed by atoms with Crippen molar-refractivity contribution in [1.82, 2.24) is 0 Å². The smallest absolute Gasteiger partial charge is 0.188 e. The summed E-state index contributed by atoms with van der Waals surface area (Å²) in [7, 11) is 0.0392. The van der Waals surface area contributed by atoms with E-state index in [0.717, 1.165) is 46.2 Å². The Morgan fingerprint density at radius 1 is 0.542 bits per heavy atom. The van der Waals surface area contributed by atoms with E-state index in [2.05, 4.69) is 125 Å². The minimum absolute atomic E-state index is 0.0465. The number of rotatable bonds is 17. The first-order valence-electron chi connectivity index (χ1n) is 16.3. The second-order valence-corrected chi connectivity index (χ2v) is 31.3. The van der Waals surface area contributed by atoms with Crippen LogP contribution in [0.3, 0.4) is 0 Å². The van der Waals surface area contributed by atoms with Crippen LogP contribution in [0.2, 0.25) is 39.3 Å². The Labute approximate surface area is 308 Å². The fourth-order valence-electron chi connectivity index (χ4n) is 6.81. The van der Waals surface area contributed by atoms with Gasteiger partial charge in [0.15, 0.2) is 13.6 Å². The molecular weight excluding hydrogens is 705 g/mol. The Morgan fingerprint density at radius 2 is 0.875 bits per heavy atom. The molecule has 4 aromatic rings. The second-order valence-electron chi connectivity index (χ2n) is 14.2. The zero-order valence-corrected chi connectivity index (χ0v) is 36.1. The summed E-state index contributed by atoms with van der Waals surface area (Å²) in [6.45, 7) is 15.2. The highest BCUT2D eigenvalue weighted by atomic mass is 32.2. The molecule has 0 amide bonds. The number of fused-ring (bicyclic) bond motifs is 2. The van der Waals surface area contributed by atoms with Crippen molar-refractivity contribution in [1.29, 1.82) is 0 Å². The van der Waals surface area contributed by atoms with Crippen molar-refractivity contribution in [3.8, 4) is 22.6 Å². The van der Waals surface area contributed by atoms with E-state index in [-0.39, 0.29) is 21.0 Å². The zero-order chi connectivity index (χ0) is 35.3. The third kappa shape index (κ3) is 7.81. The largest absolute Gasteiger partial charge is 0.467 e. The Hall–Kier alpha value is -1.25. The van der Waals surface area contributed by atoms with Gasteiger partial charge in [0, 0.05) is 25.3 Å². The summed E-state index contributed by atoms with van der Waals surface area (Å²) >= 11 is 7.95. The van der Waals surface area contributed by atoms with E-state index in [1.165, 1.54) is 21.9 Å². The number of methoxy groups -OCH3 is 2. The summed E-state index contributed by atoms with van der Waals surface area (Å²) in [4.78, 5) is 0. The molecule has 0 unspecified atom stereocenters. The quantitative estimate of drug-likeness (QED) is 0.0778. The summed E-state index contributed by atoms with van der Waals surface area (Å²) in [5.41, 5.74) is 4.51. The molecule has 48 heavy (non-hydrogen) atoms. The normalized spacial score (nSPS) is 13.0. The van der Waals surface area contributed by atoms with E-state index in [1.54, 1.807) is 14.2 Å². The molecule has 0 aliphatic rings. The van der Waals surface area contributed by atoms with Crippen LogP contribution < -0.4 is 9.47 Å². The Balaban J connectivity index is 2.22. The molecule has 0 radical (unpaired) electrons. The van der Waals surface area contributed by atoms with Crippen molar-refractivity contribution in [2.45, 2.75) is 59.5 Å². The van der Waals surface area contributed by atoms with Crippen molar-refractivity contribution in [2.24, 2.45) is 0 Å². The van der Waals surface area contributed by atoms with E-state index < -0.39 is 16.1 Å². The highest BCUT2D eigenvalue weighted by Gasteiger charge is 2.45. The third-order valence-corrected chi connectivity index (χ3v) is 29.4. The minimum Gasteiger partial charge on any atom is -0.467 e. The lowest BCUT2D eigenvalue weighted by atomic mass is 9.88. The van der Waals surface area contributed by atoms with Crippen molar-refractivity contribution >= 4 is 84.7 Å². The molecule has 0 heterocycles. The molecule has 262 valence electrons. The monoisotopic (exact) mass is 758 g/mol. The van der Waals surface area contributed by atoms with Gasteiger partial charge in [0.2, 0.25) is 0 Å². The highest BCUT2D eigenvalue weighted by molar-refractivity contribution is 8.20. The minimum atomic E-state index is -1.68. The molecule has 0 bridgehead atoms. The first kappa shape index (κ1) is 39.5. The predicted molar refractivity (Wildman–Crippen MR) is 226 cm³/mol. The molecular formula is C38H54O4S4Si2. The Kier molecular flexibility index (Phi) is 13.5. The molecule has 0 N–H and O–H groups in total. The fraction of sp³-hybridized carbons (Fsp3) is 0.474. The van der Waals surface area contributed by atoms with Crippen molar-refractivity contribution < 1.29 is 18.9 Å². The molecule has 10 heteroatoms. The van der Waals surface area contributed by atoms with E-state index in [9.17, 15) is 0 Å². The molecule has 0 aliphatic carbocycles. The zero-order valence-electron chi connectivity index (χ0n) is 30.9. The molecule has 0 aliphatic heterocycles. The van der Waals surface area contributed by atoms with Crippen LogP contribution in [0.25, 0.3) is 32.7 Å². The SMILES string of the molecule is COCOc1c(CC(SC)(SC)[Si](C)(C)C)cc2ccccc2c1-c1c(OCOC)c(CC(SC)(SC)[Si](C)(C)C)cc2ccccc12. The first-order valence-corrected chi connectivity index (χ1v) is 28.2. The first-order chi connectivity index (χ1) is 22.8. The molecule has 0 saturated heterocycles. The third-order valence-electron chi connectivity index (χ3n) is 9.50. The Bertz CT molecular complexity index is 1570. The van der Waals surface area contributed by atoms with Crippen LogP contribution in [0.15, 0.2) is 60.7 Å². The maximum absolute atomic E-state index is 6.76. The lowest BCUT2D eigenvalue weighted by Crippen LogP contribution is -2.48. The molecule has 0 spiro atoms. The topological polar surface area (TPSA) is 36.9 Å². The number of thioether (sulfide) groups is 4. The van der Waals surface area contributed by atoms with Gasteiger partial charge in [-0.1, -0.05) is 87.8 Å². The average Bonchev–Trinajstić information content (AvgIpc) is 3.06. The molecule has 4 aromatic carbocycles. The van der Waals surface area contributed by atoms with Gasteiger partial charge in [0.1, 0.15) is 11.5 Å². The van der Waals surface area contributed by atoms with Crippen LogP contribution in [-0.2, 0) is 22.3 Å². The maximum atomic E-state index is 6.76. The van der Waals surface area contributed by atoms with Gasteiger partial charge in [0.25, 0.3) is 0 Å². The molecule has 0 saturated carbocycles. The number of ether oxygens (including phenoxy) is 4. The molecule has 0 fully saturated rings. The van der Waals surface area contributed by atoms with Crippen LogP contribution in [-0.4, -0.2) is 76.4 Å². The van der Waals surface area contributed by atoms with Gasteiger partial charge in [-0.3, -0.25) is 0 Å². The summed E-state index contributed by atoms with van der Waals surface area (Å²) in [5, 5.41) is 4.65. The molecule has 0 atom stereocenters. The van der Waals surface area contributed by atoms with Crippen LogP contribution >= 0.6 is 47.0 Å². The summed E-state index contributed by atoms with van der Waals surface area (Å²) in [6, 6.07) is 22.1. The van der Waals surface area contributed by atoms with Gasteiger partial charge in [0.05, 0.1) is 23.6 Å². The lowest BCUT2D eigenvalue weighted by Gasteiger charge is -2.42. The lowest BCUT2D eigenvalue weighted by molar-refractivity contribution is 0.0495. The number of hydrogen-bond acceptors (Lipinski definition) is 8. The highest BCUT2D eigenvalue weighted by Crippen LogP contribution is 2.54. The average molecular weight is 759 g/mol. The van der Waals surface area contributed by atoms with E-state index >= 15 is 0 Å². The van der Waals surface area contributed by atoms with Gasteiger partial charge in [-0.25, -0.2) is 0 Å². The van der Waals surface area contributed by atoms with E-state index in [0.29, 0.717) is 0 Å². The maximum Gasteiger partial charge on any atom is 0.188 e. The Morgan fingerprint density at radius 3 is 1.17 bits per heavy atom. The summed E-state index contributed by atoms with van der Waals surface area (Å²) in [5.74, 6) is 1.74. The van der Waals surface area contributed by atoms with Crippen molar-refractivity contribution in [3.05, 3.63) is 71.8 Å². The van der Waals surface area contributed by atoms with E-state index in [1.807, 2.05) is 47.0 Å².